The van der Waals surface area contributed by atoms with Gasteiger partial charge in [0.2, 0.25) is 8.32 Å². The molecule has 0 aromatic heterocycles. The van der Waals surface area contributed by atoms with Crippen LogP contribution in [0.25, 0.3) is 0 Å². The molecule has 0 N–H and O–H groups in total. The van der Waals surface area contributed by atoms with Crippen LogP contribution in [0.3, 0.4) is 0 Å². The molecule has 0 atom stereocenters. The summed E-state index contributed by atoms with van der Waals surface area (Å²) in [4.78, 5) is 0. The third-order valence-corrected chi connectivity index (χ3v) is 5.60. The third kappa shape index (κ3) is 4.64. The zero-order valence-corrected chi connectivity index (χ0v) is 14.1. The molecule has 108 valence electrons. The molecule has 0 unspecified atom stereocenters. The molecule has 0 aliphatic rings. The zero-order chi connectivity index (χ0) is 14.7. The van der Waals surface area contributed by atoms with E-state index in [9.17, 15) is 4.39 Å². The van der Waals surface area contributed by atoms with Gasteiger partial charge in [0.1, 0.15) is 5.75 Å². The maximum absolute atomic E-state index is 14.1. The first-order valence-corrected chi connectivity index (χ1v) is 10.3. The van der Waals surface area contributed by atoms with Crippen LogP contribution in [-0.2, 0) is 5.41 Å². The highest BCUT2D eigenvalue weighted by molar-refractivity contribution is 6.71. The quantitative estimate of drug-likeness (QED) is 0.647. The molecule has 0 aliphatic heterocycles. The number of hydrogen-bond acceptors (Lipinski definition) is 1. The summed E-state index contributed by atoms with van der Waals surface area (Å²) < 4.78 is 20.3. The molecule has 19 heavy (non-hydrogen) atoms. The summed E-state index contributed by atoms with van der Waals surface area (Å²) in [7, 11) is -1.85. The van der Waals surface area contributed by atoms with Gasteiger partial charge in [-0.15, -0.1) is 0 Å². The Balaban J connectivity index is 3.06. The molecule has 1 aromatic rings. The highest BCUT2D eigenvalue weighted by Crippen LogP contribution is 2.35. The first kappa shape index (κ1) is 16.2. The summed E-state index contributed by atoms with van der Waals surface area (Å²) in [6, 6.07) is 6.31. The summed E-state index contributed by atoms with van der Waals surface area (Å²) in [6.07, 6.45) is 2.31. The van der Waals surface area contributed by atoms with Gasteiger partial charge in [-0.1, -0.05) is 52.7 Å². The predicted octanol–water partition coefficient (Wildman–Crippen LogP) is 5.51. The van der Waals surface area contributed by atoms with Crippen molar-refractivity contribution in [2.75, 3.05) is 0 Å². The van der Waals surface area contributed by atoms with E-state index in [1.807, 2.05) is 6.07 Å². The fraction of sp³-hybridized carbons (Fsp3) is 0.625. The van der Waals surface area contributed by atoms with E-state index >= 15 is 0 Å². The Bertz CT molecular complexity index is 421. The molecular weight excluding hydrogens is 255 g/mol. The molecule has 0 bridgehead atoms. The monoisotopic (exact) mass is 282 g/mol. The zero-order valence-electron chi connectivity index (χ0n) is 13.1. The number of benzene rings is 1. The van der Waals surface area contributed by atoms with E-state index in [0.29, 0.717) is 5.75 Å². The Kier molecular flexibility index (Phi) is 5.19. The molecule has 0 spiro atoms. The Hall–Kier alpha value is -0.833. The molecule has 1 aromatic carbocycles. The van der Waals surface area contributed by atoms with E-state index < -0.39 is 8.32 Å². The second kappa shape index (κ2) is 6.08. The lowest BCUT2D eigenvalue weighted by Gasteiger charge is -2.29. The van der Waals surface area contributed by atoms with Crippen LogP contribution in [0.1, 0.15) is 46.1 Å². The van der Waals surface area contributed by atoms with Crippen LogP contribution in [0.15, 0.2) is 18.2 Å². The van der Waals surface area contributed by atoms with Gasteiger partial charge in [-0.2, -0.15) is 0 Å². The van der Waals surface area contributed by atoms with Crippen molar-refractivity contribution in [1.82, 2.24) is 0 Å². The van der Waals surface area contributed by atoms with Crippen LogP contribution in [-0.4, -0.2) is 8.32 Å². The molecule has 0 heterocycles. The Morgan fingerprint density at radius 3 is 2.37 bits per heavy atom. The van der Waals surface area contributed by atoms with Crippen molar-refractivity contribution in [3.05, 3.63) is 29.6 Å². The third-order valence-electron chi connectivity index (χ3n) is 3.29. The van der Waals surface area contributed by atoms with Crippen LogP contribution < -0.4 is 4.43 Å². The molecule has 0 radical (unpaired) electrons. The minimum absolute atomic E-state index is 0.104. The van der Waals surface area contributed by atoms with Gasteiger partial charge in [-0.05, 0) is 30.6 Å². The van der Waals surface area contributed by atoms with Gasteiger partial charge in [-0.3, -0.25) is 0 Å². The van der Waals surface area contributed by atoms with Crippen molar-refractivity contribution in [3.8, 4) is 5.75 Å². The maximum Gasteiger partial charge on any atom is 0.245 e. The highest BCUT2D eigenvalue weighted by atomic mass is 28.4. The van der Waals surface area contributed by atoms with Crippen molar-refractivity contribution in [2.24, 2.45) is 0 Å². The van der Waals surface area contributed by atoms with Crippen LogP contribution >= 0.6 is 0 Å². The van der Waals surface area contributed by atoms with Gasteiger partial charge in [0.05, 0.1) is 0 Å². The van der Waals surface area contributed by atoms with E-state index in [1.165, 1.54) is 6.07 Å². The average Bonchev–Trinajstić information content (AvgIpc) is 2.27. The lowest BCUT2D eigenvalue weighted by atomic mass is 9.86. The van der Waals surface area contributed by atoms with Gasteiger partial charge in [0.15, 0.2) is 5.82 Å². The van der Waals surface area contributed by atoms with Crippen molar-refractivity contribution in [2.45, 2.75) is 65.1 Å². The number of hydrogen-bond donors (Lipinski definition) is 0. The van der Waals surface area contributed by atoms with Crippen LogP contribution in [0, 0.1) is 5.82 Å². The first-order chi connectivity index (χ1) is 8.67. The lowest BCUT2D eigenvalue weighted by Crippen LogP contribution is -2.35. The van der Waals surface area contributed by atoms with Crippen molar-refractivity contribution < 1.29 is 8.82 Å². The normalized spacial score (nSPS) is 12.6. The predicted molar refractivity (Wildman–Crippen MR) is 82.9 cm³/mol. The second-order valence-electron chi connectivity index (χ2n) is 6.83. The smallest absolute Gasteiger partial charge is 0.245 e. The molecule has 0 amide bonds. The van der Waals surface area contributed by atoms with Crippen LogP contribution in [0.4, 0.5) is 4.39 Å². The molecule has 1 rings (SSSR count). The summed E-state index contributed by atoms with van der Waals surface area (Å²) in [5.74, 6) is 0.243. The van der Waals surface area contributed by atoms with E-state index in [4.69, 9.17) is 4.43 Å². The summed E-state index contributed by atoms with van der Waals surface area (Å²) in [5, 5.41) is 0. The Morgan fingerprint density at radius 1 is 1.21 bits per heavy atom. The minimum atomic E-state index is -1.85. The summed E-state index contributed by atoms with van der Waals surface area (Å²) in [6.45, 7) is 12.8. The second-order valence-corrected chi connectivity index (χ2v) is 11.1. The minimum Gasteiger partial charge on any atom is -0.542 e. The lowest BCUT2D eigenvalue weighted by molar-refractivity contribution is 0.458. The average molecular weight is 282 g/mol. The van der Waals surface area contributed by atoms with E-state index in [-0.39, 0.29) is 11.2 Å². The largest absolute Gasteiger partial charge is 0.542 e. The Morgan fingerprint density at radius 2 is 1.84 bits per heavy atom. The van der Waals surface area contributed by atoms with Gasteiger partial charge in [-0.25, -0.2) is 4.39 Å². The molecule has 0 fully saturated rings. The molecule has 0 aliphatic carbocycles. The van der Waals surface area contributed by atoms with Crippen LogP contribution in [0.2, 0.25) is 19.1 Å². The van der Waals surface area contributed by atoms with Gasteiger partial charge in [0.25, 0.3) is 0 Å². The molecule has 0 saturated carbocycles. The molecular formula is C16H27FOSi. The fourth-order valence-electron chi connectivity index (χ4n) is 2.13. The highest BCUT2D eigenvalue weighted by Gasteiger charge is 2.29. The number of rotatable bonds is 5. The summed E-state index contributed by atoms with van der Waals surface area (Å²) in [5.41, 5.74) is 0.858. The standard InChI is InChI=1S/C16H27FOSi/c1-7-8-12-19(5,6)18-15-13(16(2,3)4)10-9-11-14(15)17/h9-11H,7-8,12H2,1-6H3. The SMILES string of the molecule is CCCC[Si](C)(C)Oc1c(F)cccc1C(C)(C)C. The number of para-hydroxylation sites is 1. The van der Waals surface area contributed by atoms with Crippen molar-refractivity contribution in [1.29, 1.82) is 0 Å². The van der Waals surface area contributed by atoms with Crippen molar-refractivity contribution >= 4 is 8.32 Å². The number of unbranched alkanes of at least 4 members (excludes halogenated alkanes) is 1. The van der Waals surface area contributed by atoms with Gasteiger partial charge < -0.3 is 4.43 Å². The van der Waals surface area contributed by atoms with E-state index in [2.05, 4.69) is 40.8 Å². The van der Waals surface area contributed by atoms with Gasteiger partial charge >= 0.3 is 0 Å². The molecule has 3 heteroatoms. The molecule has 0 saturated heterocycles. The number of halogens is 1. The van der Waals surface area contributed by atoms with Crippen molar-refractivity contribution in [3.63, 3.8) is 0 Å². The maximum atomic E-state index is 14.1. The Labute approximate surface area is 118 Å². The van der Waals surface area contributed by atoms with E-state index in [1.54, 1.807) is 6.07 Å². The van der Waals surface area contributed by atoms with Gasteiger partial charge in [0, 0.05) is 5.56 Å². The fourth-order valence-corrected chi connectivity index (χ4v) is 4.20. The molecule has 1 nitrogen and oxygen atoms in total. The first-order valence-electron chi connectivity index (χ1n) is 7.15. The van der Waals surface area contributed by atoms with Crippen LogP contribution in [0.5, 0.6) is 5.75 Å². The van der Waals surface area contributed by atoms with E-state index in [0.717, 1.165) is 24.4 Å². The summed E-state index contributed by atoms with van der Waals surface area (Å²) >= 11 is 0. The topological polar surface area (TPSA) is 9.23 Å².